The number of ether oxygens (including phenoxy) is 2. The summed E-state index contributed by atoms with van der Waals surface area (Å²) in [7, 11) is 1.32. The van der Waals surface area contributed by atoms with E-state index < -0.39 is 23.4 Å². The van der Waals surface area contributed by atoms with Gasteiger partial charge < -0.3 is 14.8 Å². The Balaban J connectivity index is 1.86. The van der Waals surface area contributed by atoms with Gasteiger partial charge in [0, 0.05) is 23.7 Å². The number of esters is 1. The number of carbonyl (C=O) groups excluding carboxylic acids is 2. The van der Waals surface area contributed by atoms with Gasteiger partial charge in [0.2, 0.25) is 0 Å². The molecule has 2 aromatic rings. The zero-order valence-electron chi connectivity index (χ0n) is 14.4. The van der Waals surface area contributed by atoms with Gasteiger partial charge in [0.1, 0.15) is 11.3 Å². The molecule has 0 aliphatic heterocycles. The molecule has 27 heavy (non-hydrogen) atoms. The molecule has 1 N–H and O–H groups in total. The van der Waals surface area contributed by atoms with Crippen LogP contribution in [0.15, 0.2) is 42.5 Å². The van der Waals surface area contributed by atoms with Crippen LogP contribution >= 0.6 is 11.6 Å². The van der Waals surface area contributed by atoms with Crippen molar-refractivity contribution in [3.05, 3.63) is 68.7 Å². The van der Waals surface area contributed by atoms with Gasteiger partial charge in [-0.1, -0.05) is 23.7 Å². The van der Waals surface area contributed by atoms with Gasteiger partial charge in [-0.25, -0.2) is 4.79 Å². The molecule has 0 aliphatic rings. The summed E-state index contributed by atoms with van der Waals surface area (Å²) in [4.78, 5) is 34.1. The summed E-state index contributed by atoms with van der Waals surface area (Å²) in [5.41, 5.74) is 0.549. The standard InChI is InChI=1S/C18H17ClN2O6/c1-26-16-6-5-14(21(24)25)10-15(16)18(23)27-11-17(22)20-8-7-12-3-2-4-13(19)9-12/h2-6,9-10H,7-8,11H2,1H3,(H,20,22). The van der Waals surface area contributed by atoms with Crippen LogP contribution < -0.4 is 10.1 Å². The summed E-state index contributed by atoms with van der Waals surface area (Å²) in [6, 6.07) is 10.8. The van der Waals surface area contributed by atoms with Crippen molar-refractivity contribution >= 4 is 29.2 Å². The van der Waals surface area contributed by atoms with Gasteiger partial charge in [-0.3, -0.25) is 14.9 Å². The van der Waals surface area contributed by atoms with E-state index in [1.54, 1.807) is 12.1 Å². The molecule has 9 heteroatoms. The lowest BCUT2D eigenvalue weighted by molar-refractivity contribution is -0.384. The predicted molar refractivity (Wildman–Crippen MR) is 98.1 cm³/mol. The first-order chi connectivity index (χ1) is 12.9. The highest BCUT2D eigenvalue weighted by atomic mass is 35.5. The minimum atomic E-state index is -0.888. The Bertz CT molecular complexity index is 855. The highest BCUT2D eigenvalue weighted by Crippen LogP contribution is 2.24. The Labute approximate surface area is 160 Å². The number of hydrogen-bond donors (Lipinski definition) is 1. The van der Waals surface area contributed by atoms with Gasteiger partial charge in [0.25, 0.3) is 11.6 Å². The van der Waals surface area contributed by atoms with Crippen LogP contribution in [0.3, 0.4) is 0 Å². The van der Waals surface area contributed by atoms with Crippen molar-refractivity contribution in [1.29, 1.82) is 0 Å². The Morgan fingerprint density at radius 1 is 1.22 bits per heavy atom. The number of nitro groups is 1. The van der Waals surface area contributed by atoms with Crippen molar-refractivity contribution in [3.8, 4) is 5.75 Å². The molecule has 0 radical (unpaired) electrons. The number of nitrogens with one attached hydrogen (secondary N) is 1. The number of benzene rings is 2. The number of nitrogens with zero attached hydrogens (tertiary/aromatic N) is 1. The Hall–Kier alpha value is -3.13. The van der Waals surface area contributed by atoms with Crippen molar-refractivity contribution in [2.45, 2.75) is 6.42 Å². The summed E-state index contributed by atoms with van der Waals surface area (Å²) in [6.45, 7) is -0.170. The third kappa shape index (κ3) is 5.96. The van der Waals surface area contributed by atoms with Crippen molar-refractivity contribution in [1.82, 2.24) is 5.32 Å². The van der Waals surface area contributed by atoms with Crippen LogP contribution in [-0.2, 0) is 16.0 Å². The first kappa shape index (κ1) is 20.2. The maximum Gasteiger partial charge on any atom is 0.342 e. The zero-order valence-corrected chi connectivity index (χ0v) is 15.2. The molecule has 0 saturated heterocycles. The molecular weight excluding hydrogens is 376 g/mol. The topological polar surface area (TPSA) is 108 Å². The number of amides is 1. The molecule has 0 unspecified atom stereocenters. The van der Waals surface area contributed by atoms with Crippen LogP contribution in [0.2, 0.25) is 5.02 Å². The number of hydrogen-bond acceptors (Lipinski definition) is 6. The molecule has 0 bridgehead atoms. The van der Waals surface area contributed by atoms with E-state index in [-0.39, 0.29) is 17.0 Å². The lowest BCUT2D eigenvalue weighted by Crippen LogP contribution is -2.30. The fourth-order valence-electron chi connectivity index (χ4n) is 2.27. The summed E-state index contributed by atoms with van der Waals surface area (Å²) < 4.78 is 9.91. The van der Waals surface area contributed by atoms with Gasteiger partial charge >= 0.3 is 5.97 Å². The van der Waals surface area contributed by atoms with E-state index in [1.165, 1.54) is 19.2 Å². The maximum absolute atomic E-state index is 12.1. The predicted octanol–water partition coefficient (Wildman–Crippen LogP) is 2.77. The van der Waals surface area contributed by atoms with Crippen LogP contribution in [0, 0.1) is 10.1 Å². The summed E-state index contributed by atoms with van der Waals surface area (Å²) in [6.07, 6.45) is 0.568. The Morgan fingerprint density at radius 3 is 2.67 bits per heavy atom. The van der Waals surface area contributed by atoms with Crippen molar-refractivity contribution in [2.24, 2.45) is 0 Å². The molecule has 1 amide bonds. The fraction of sp³-hybridized carbons (Fsp3) is 0.222. The van der Waals surface area contributed by atoms with E-state index >= 15 is 0 Å². The monoisotopic (exact) mass is 392 g/mol. The molecule has 0 aliphatic carbocycles. The van der Waals surface area contributed by atoms with E-state index in [4.69, 9.17) is 21.1 Å². The summed E-state index contributed by atoms with van der Waals surface area (Å²) in [5, 5.41) is 14.1. The Kier molecular flexibility index (Phi) is 7.13. The zero-order chi connectivity index (χ0) is 19.8. The minimum absolute atomic E-state index is 0.118. The van der Waals surface area contributed by atoms with E-state index in [1.807, 2.05) is 12.1 Å². The van der Waals surface area contributed by atoms with E-state index in [2.05, 4.69) is 5.32 Å². The molecule has 2 rings (SSSR count). The van der Waals surface area contributed by atoms with Crippen LogP contribution in [0.5, 0.6) is 5.75 Å². The summed E-state index contributed by atoms with van der Waals surface area (Å²) >= 11 is 5.89. The van der Waals surface area contributed by atoms with E-state index in [0.717, 1.165) is 11.6 Å². The second kappa shape index (κ2) is 9.54. The minimum Gasteiger partial charge on any atom is -0.496 e. The SMILES string of the molecule is COc1ccc([N+](=O)[O-])cc1C(=O)OCC(=O)NCCc1cccc(Cl)c1. The van der Waals surface area contributed by atoms with Gasteiger partial charge in [-0.15, -0.1) is 0 Å². The molecular formula is C18H17ClN2O6. The molecule has 0 saturated carbocycles. The van der Waals surface area contributed by atoms with Crippen LogP contribution in [0.25, 0.3) is 0 Å². The third-order valence-corrected chi connectivity index (χ3v) is 3.81. The Morgan fingerprint density at radius 2 is 2.00 bits per heavy atom. The fourth-order valence-corrected chi connectivity index (χ4v) is 2.48. The van der Waals surface area contributed by atoms with Crippen LogP contribution in [0.1, 0.15) is 15.9 Å². The second-order valence-corrected chi connectivity index (χ2v) is 5.88. The number of non-ortho nitro benzene ring substituents is 1. The van der Waals surface area contributed by atoms with Crippen LogP contribution in [0.4, 0.5) is 5.69 Å². The molecule has 0 spiro atoms. The molecule has 142 valence electrons. The molecule has 0 fully saturated rings. The highest BCUT2D eigenvalue weighted by molar-refractivity contribution is 6.30. The highest BCUT2D eigenvalue weighted by Gasteiger charge is 2.19. The van der Waals surface area contributed by atoms with Crippen molar-refractivity contribution in [2.75, 3.05) is 20.3 Å². The lowest BCUT2D eigenvalue weighted by atomic mass is 10.1. The van der Waals surface area contributed by atoms with Crippen molar-refractivity contribution < 1.29 is 24.0 Å². The average Bonchev–Trinajstić information content (AvgIpc) is 2.65. The van der Waals surface area contributed by atoms with E-state index in [0.29, 0.717) is 18.0 Å². The summed E-state index contributed by atoms with van der Waals surface area (Å²) in [5.74, 6) is -1.26. The number of carbonyl (C=O) groups is 2. The third-order valence-electron chi connectivity index (χ3n) is 3.57. The molecule has 2 aromatic carbocycles. The van der Waals surface area contributed by atoms with Crippen LogP contribution in [-0.4, -0.2) is 37.1 Å². The largest absolute Gasteiger partial charge is 0.496 e. The quantitative estimate of drug-likeness (QED) is 0.420. The van der Waals surface area contributed by atoms with E-state index in [9.17, 15) is 19.7 Å². The molecule has 0 atom stereocenters. The van der Waals surface area contributed by atoms with Gasteiger partial charge in [0.05, 0.1) is 12.0 Å². The van der Waals surface area contributed by atoms with Crippen molar-refractivity contribution in [3.63, 3.8) is 0 Å². The first-order valence-corrected chi connectivity index (χ1v) is 8.29. The maximum atomic E-state index is 12.1. The smallest absolute Gasteiger partial charge is 0.342 e. The average molecular weight is 393 g/mol. The van der Waals surface area contributed by atoms with Gasteiger partial charge in [-0.05, 0) is 30.2 Å². The number of halogens is 1. The molecule has 0 heterocycles. The first-order valence-electron chi connectivity index (χ1n) is 7.91. The molecule has 8 nitrogen and oxygen atoms in total. The number of rotatable bonds is 8. The normalized spacial score (nSPS) is 10.1. The number of methoxy groups -OCH3 is 1. The number of nitro benzene ring substituents is 1. The van der Waals surface area contributed by atoms with Gasteiger partial charge in [-0.2, -0.15) is 0 Å². The second-order valence-electron chi connectivity index (χ2n) is 5.45. The lowest BCUT2D eigenvalue weighted by Gasteiger charge is -2.09. The molecule has 0 aromatic heterocycles. The van der Waals surface area contributed by atoms with Gasteiger partial charge in [0.15, 0.2) is 6.61 Å².